The van der Waals surface area contributed by atoms with Gasteiger partial charge in [0.1, 0.15) is 0 Å². The summed E-state index contributed by atoms with van der Waals surface area (Å²) in [4.78, 5) is 10.8. The lowest BCUT2D eigenvalue weighted by molar-refractivity contribution is -0.0399. The quantitative estimate of drug-likeness (QED) is 0.152. The smallest absolute Gasteiger partial charge is 0.235 e. The first-order valence-corrected chi connectivity index (χ1v) is 53.9. The largest absolute Gasteiger partial charge is 0.309 e. The van der Waals surface area contributed by atoms with Crippen LogP contribution in [0.5, 0.6) is 0 Å². The van der Waals surface area contributed by atoms with Gasteiger partial charge < -0.3 is 9.13 Å². The van der Waals surface area contributed by atoms with Gasteiger partial charge >= 0.3 is 0 Å². The summed E-state index contributed by atoms with van der Waals surface area (Å²) in [5.74, 6) is 11.1. The molecule has 0 unspecified atom stereocenters. The van der Waals surface area contributed by atoms with E-state index in [1.165, 1.54) is 250 Å². The summed E-state index contributed by atoms with van der Waals surface area (Å²) in [6.07, 6.45) is 21.4. The van der Waals surface area contributed by atoms with E-state index >= 15 is 0 Å². The van der Waals surface area contributed by atoms with Crippen molar-refractivity contribution in [2.45, 2.75) is 113 Å². The number of benzene rings is 17. The highest BCUT2D eigenvalue weighted by molar-refractivity contribution is 7.26. The van der Waals surface area contributed by atoms with Crippen molar-refractivity contribution in [1.29, 1.82) is 0 Å². The average molecular weight is 1840 g/mol. The molecule has 0 radical (unpaired) electrons. The Labute approximate surface area is 832 Å². The van der Waals surface area contributed by atoms with Crippen LogP contribution in [0.3, 0.4) is 0 Å². The first-order chi connectivity index (χ1) is 70.3. The Bertz CT molecular complexity index is 8940. The molecule has 12 saturated carbocycles. The Hall–Kier alpha value is -14.6. The van der Waals surface area contributed by atoms with Crippen molar-refractivity contribution in [1.82, 2.24) is 23.7 Å². The number of nitrogens with zero attached hydrogens (tertiary/aromatic N) is 5. The summed E-state index contributed by atoms with van der Waals surface area (Å²) in [7, 11) is 0. The number of thiophene rings is 1. The molecule has 3 spiro atoms. The highest BCUT2D eigenvalue weighted by Gasteiger charge is 2.65. The lowest BCUT2D eigenvalue weighted by Crippen LogP contribution is -2.55. The zero-order chi connectivity index (χ0) is 92.5. The van der Waals surface area contributed by atoms with Gasteiger partial charge in [-0.1, -0.05) is 315 Å². The molecule has 5 heterocycles. The van der Waals surface area contributed by atoms with Gasteiger partial charge in [-0.05, 0) is 357 Å². The average Bonchev–Trinajstić information content (AvgIpc) is 1.45. The molecule has 17 aromatic carbocycles. The number of fused-ring (bicyclic) bond motifs is 21. The maximum atomic E-state index is 5.39. The fourth-order valence-electron chi connectivity index (χ4n) is 34.1. The predicted octanol–water partition coefficient (Wildman–Crippen LogP) is 35.0. The van der Waals surface area contributed by atoms with E-state index in [1.807, 2.05) is 0 Å². The standard InChI is InChI=1S/C50H37N3S.C46H37N.C40H33N/c1-2-10-31(11-3-1)46-48-47(38-14-6-9-17-45(38)54-48)52-49(51-46)53-43-16-8-5-13-37(43)40-28-33(19-21-44(40)53)32-18-20-42-39(27-32)36-12-4-7-15-41(36)50(42)34-23-29-22-30(25-34)26-35(50)24-29;1-2-10-31(11-3-1)32-20-22-35(23-21-32)47-42-18-7-5-13-39(42)45-37(15-9-19-43(45)47)36-14-8-17-41-44(36)38-12-4-6-16-40(38)46(41)33-25-29-24-30(27-33)28-34(46)26-29;1-2-10-29(11-3-1)41-36-18-7-5-13-33(36)39-31(15-9-19-37(39)41)30-14-8-17-35-38(30)32-12-4-6-16-34(32)40(35)27-21-25-20-26(23-27)24-28(40)22-25/h1-21,27-30,34-35H,22-26H2;1-23,29-30,33-34H,24-28H2;1-19,25-28H,20-24H2. The van der Waals surface area contributed by atoms with Crippen LogP contribution in [0.25, 0.3) is 192 Å². The number of para-hydroxylation sites is 4. The van der Waals surface area contributed by atoms with Crippen LogP contribution in [0.4, 0.5) is 0 Å². The van der Waals surface area contributed by atoms with Gasteiger partial charge in [0.05, 0.1) is 49.0 Å². The zero-order valence-electron chi connectivity index (χ0n) is 79.7. The molecule has 15 aliphatic carbocycles. The fraction of sp³-hybridized carbons (Fsp3) is 0.221. The van der Waals surface area contributed by atoms with Crippen molar-refractivity contribution in [2.24, 2.45) is 71.0 Å². The van der Waals surface area contributed by atoms with E-state index in [1.54, 1.807) is 44.7 Å². The summed E-state index contributed by atoms with van der Waals surface area (Å²) in [6, 6.07) is 148. The highest BCUT2D eigenvalue weighted by Crippen LogP contribution is 2.74. The molecule has 0 amide bonds. The van der Waals surface area contributed by atoms with E-state index in [-0.39, 0.29) is 16.2 Å². The van der Waals surface area contributed by atoms with Crippen LogP contribution in [0.1, 0.15) is 130 Å². The van der Waals surface area contributed by atoms with Crippen LogP contribution >= 0.6 is 11.3 Å². The van der Waals surface area contributed by atoms with Crippen molar-refractivity contribution in [3.8, 4) is 106 Å². The number of hydrogen-bond donors (Lipinski definition) is 0. The van der Waals surface area contributed by atoms with Crippen LogP contribution in [-0.4, -0.2) is 23.7 Å². The van der Waals surface area contributed by atoms with Gasteiger partial charge in [-0.2, -0.15) is 0 Å². The number of hydrogen-bond acceptors (Lipinski definition) is 3. The molecular weight excluding hydrogens is 1740 g/mol. The molecule has 15 aliphatic rings. The molecule has 0 atom stereocenters. The Kier molecular flexibility index (Phi) is 17.6. The van der Waals surface area contributed by atoms with E-state index in [4.69, 9.17) is 9.97 Å². The third-order valence-corrected chi connectivity index (χ3v) is 39.6. The predicted molar refractivity (Wildman–Crippen MR) is 588 cm³/mol. The molecule has 0 aliphatic heterocycles. The van der Waals surface area contributed by atoms with Gasteiger partial charge in [-0.25, -0.2) is 9.97 Å². The summed E-state index contributed by atoms with van der Waals surface area (Å²) < 4.78 is 9.56. The zero-order valence-corrected chi connectivity index (χ0v) is 80.5. The molecule has 6 heteroatoms. The molecule has 12 bridgehead atoms. The number of aromatic nitrogens is 5. The van der Waals surface area contributed by atoms with E-state index in [2.05, 4.69) is 408 Å². The molecule has 22 aromatic rings. The minimum Gasteiger partial charge on any atom is -0.309 e. The monoisotopic (exact) mass is 1840 g/mol. The van der Waals surface area contributed by atoms with Crippen molar-refractivity contribution >= 4 is 97.1 Å². The lowest BCUT2D eigenvalue weighted by atomic mass is 9.43. The summed E-state index contributed by atoms with van der Waals surface area (Å²) in [5, 5.41) is 8.98. The number of rotatable bonds is 8. The van der Waals surface area contributed by atoms with Crippen molar-refractivity contribution < 1.29 is 0 Å². The molecule has 37 rings (SSSR count). The minimum absolute atomic E-state index is 0.178. The third kappa shape index (κ3) is 11.3. The minimum atomic E-state index is 0.178. The van der Waals surface area contributed by atoms with Crippen LogP contribution in [0, 0.1) is 71.0 Å². The maximum Gasteiger partial charge on any atom is 0.235 e. The molecular formula is C136H107N5S. The van der Waals surface area contributed by atoms with Gasteiger partial charge in [0, 0.05) is 75.6 Å². The highest BCUT2D eigenvalue weighted by atomic mass is 32.1. The SMILES string of the molecule is c1ccc(-c2ccc(-n3c4ccccc4c4c(-c5cccc6c5-c5ccccc5C65C6CC7CC(C6)CC5C7)cccc43)cc2)cc1.c1ccc(-c2nc(-n3c4ccccc4c4cc(-c5ccc6c(c5)-c5ccccc5C65C6CC7CC(C6)CC5C7)ccc43)nc3c2sc2ccccc23)cc1.c1ccc(-n2c3ccccc3c3c(-c4cccc5c4-c4ccccc4C54C5CC6CC(C5)CC4C6)cccc32)cc1. The van der Waals surface area contributed by atoms with Crippen molar-refractivity contribution in [3.05, 3.63) is 428 Å². The van der Waals surface area contributed by atoms with Gasteiger partial charge in [0.15, 0.2) is 0 Å². The van der Waals surface area contributed by atoms with Crippen LogP contribution < -0.4 is 0 Å². The van der Waals surface area contributed by atoms with E-state index in [0.29, 0.717) is 5.95 Å². The lowest BCUT2D eigenvalue weighted by Gasteiger charge is -2.61. The maximum absolute atomic E-state index is 5.39. The van der Waals surface area contributed by atoms with Crippen LogP contribution in [-0.2, 0) is 16.2 Å². The van der Waals surface area contributed by atoms with E-state index < -0.39 is 0 Å². The van der Waals surface area contributed by atoms with Gasteiger partial charge in [-0.3, -0.25) is 4.57 Å². The van der Waals surface area contributed by atoms with Crippen LogP contribution in [0.2, 0.25) is 0 Å². The topological polar surface area (TPSA) is 40.6 Å². The molecule has 12 fully saturated rings. The Morgan fingerprint density at radius 3 is 1.10 bits per heavy atom. The Morgan fingerprint density at radius 1 is 0.218 bits per heavy atom. The summed E-state index contributed by atoms with van der Waals surface area (Å²) >= 11 is 1.78. The van der Waals surface area contributed by atoms with Crippen molar-refractivity contribution in [2.75, 3.05) is 0 Å². The molecule has 5 nitrogen and oxygen atoms in total. The van der Waals surface area contributed by atoms with E-state index in [0.717, 1.165) is 104 Å². The second kappa shape index (κ2) is 30.7. The van der Waals surface area contributed by atoms with Gasteiger partial charge in [-0.15, -0.1) is 11.3 Å². The van der Waals surface area contributed by atoms with Gasteiger partial charge in [0.25, 0.3) is 0 Å². The molecule has 0 saturated heterocycles. The first-order valence-electron chi connectivity index (χ1n) is 53.1. The second-order valence-corrected chi connectivity index (χ2v) is 45.9. The van der Waals surface area contributed by atoms with Gasteiger partial charge in [0.2, 0.25) is 5.95 Å². The first kappa shape index (κ1) is 81.2. The van der Waals surface area contributed by atoms with E-state index in [9.17, 15) is 0 Å². The second-order valence-electron chi connectivity index (χ2n) is 44.8. The summed E-state index contributed by atoms with van der Waals surface area (Å²) in [6.45, 7) is 0. The summed E-state index contributed by atoms with van der Waals surface area (Å²) in [5.41, 5.74) is 42.7. The molecule has 5 aromatic heterocycles. The molecule has 682 valence electrons. The Morgan fingerprint density at radius 2 is 0.570 bits per heavy atom. The van der Waals surface area contributed by atoms with Crippen molar-refractivity contribution in [3.63, 3.8) is 0 Å². The normalized spacial score (nSPS) is 25.1. The van der Waals surface area contributed by atoms with Crippen LogP contribution in [0.15, 0.2) is 394 Å². The fourth-order valence-corrected chi connectivity index (χ4v) is 35.2. The third-order valence-electron chi connectivity index (χ3n) is 38.4. The Balaban J connectivity index is 0.0000000967. The molecule has 142 heavy (non-hydrogen) atoms. The molecule has 0 N–H and O–H groups in total.